The van der Waals surface area contributed by atoms with E-state index in [1.165, 1.54) is 6.92 Å². The molecule has 0 saturated heterocycles. The fourth-order valence-electron chi connectivity index (χ4n) is 0.385. The Kier molecular flexibility index (Phi) is 3.49. The summed E-state index contributed by atoms with van der Waals surface area (Å²) in [7, 11) is 0. The van der Waals surface area contributed by atoms with E-state index in [4.69, 9.17) is 11.5 Å². The zero-order valence-corrected chi connectivity index (χ0v) is 6.05. The van der Waals surface area contributed by atoms with Gasteiger partial charge >= 0.3 is 0 Å². The van der Waals surface area contributed by atoms with Crippen LogP contribution in [0.1, 0.15) is 6.92 Å². The largest absolute Gasteiger partial charge is 0.386 e. The van der Waals surface area contributed by atoms with Crippen molar-refractivity contribution in [3.8, 4) is 0 Å². The standard InChI is InChI=1S/C6H13N3O/c1-4(10)6(8)3-9-5(2)7/h6,9H,2-3,7-8H2,1H3. The summed E-state index contributed by atoms with van der Waals surface area (Å²) in [5.74, 6) is 0.269. The van der Waals surface area contributed by atoms with Gasteiger partial charge in [-0.15, -0.1) is 0 Å². The molecule has 0 aliphatic heterocycles. The highest BCUT2D eigenvalue weighted by Gasteiger charge is 2.05. The lowest BCUT2D eigenvalue weighted by Crippen LogP contribution is -2.39. The summed E-state index contributed by atoms with van der Waals surface area (Å²) in [4.78, 5) is 10.5. The van der Waals surface area contributed by atoms with Crippen LogP contribution in [0, 0.1) is 0 Å². The number of nitrogens with one attached hydrogen (secondary N) is 1. The second kappa shape index (κ2) is 3.90. The second-order valence-corrected chi connectivity index (χ2v) is 2.12. The lowest BCUT2D eigenvalue weighted by atomic mass is 10.2. The molecule has 0 bridgehead atoms. The second-order valence-electron chi connectivity index (χ2n) is 2.12. The van der Waals surface area contributed by atoms with E-state index in [1.807, 2.05) is 0 Å². The van der Waals surface area contributed by atoms with Crippen LogP contribution in [0.4, 0.5) is 0 Å². The van der Waals surface area contributed by atoms with Crippen LogP contribution in [-0.4, -0.2) is 18.4 Å². The van der Waals surface area contributed by atoms with Crippen molar-refractivity contribution in [1.29, 1.82) is 0 Å². The van der Waals surface area contributed by atoms with E-state index in [2.05, 4.69) is 11.9 Å². The molecule has 0 aromatic heterocycles. The van der Waals surface area contributed by atoms with Crippen molar-refractivity contribution >= 4 is 5.78 Å². The Bertz CT molecular complexity index is 144. The first-order valence-corrected chi connectivity index (χ1v) is 2.98. The summed E-state index contributed by atoms with van der Waals surface area (Å²) >= 11 is 0. The first-order valence-electron chi connectivity index (χ1n) is 2.98. The van der Waals surface area contributed by atoms with Gasteiger partial charge < -0.3 is 16.8 Å². The molecule has 58 valence electrons. The minimum atomic E-state index is -0.486. The van der Waals surface area contributed by atoms with E-state index >= 15 is 0 Å². The fraction of sp³-hybridized carbons (Fsp3) is 0.500. The van der Waals surface area contributed by atoms with Gasteiger partial charge in [0.25, 0.3) is 0 Å². The van der Waals surface area contributed by atoms with Gasteiger partial charge in [-0.3, -0.25) is 4.79 Å². The fourth-order valence-corrected chi connectivity index (χ4v) is 0.385. The van der Waals surface area contributed by atoms with Gasteiger partial charge in [-0.2, -0.15) is 0 Å². The lowest BCUT2D eigenvalue weighted by Gasteiger charge is -2.08. The van der Waals surface area contributed by atoms with Crippen LogP contribution in [0.2, 0.25) is 0 Å². The van der Waals surface area contributed by atoms with Crippen LogP contribution in [0.3, 0.4) is 0 Å². The molecule has 0 aliphatic rings. The van der Waals surface area contributed by atoms with Gasteiger partial charge in [0.2, 0.25) is 0 Å². The highest BCUT2D eigenvalue weighted by molar-refractivity contribution is 5.81. The number of rotatable bonds is 4. The molecule has 1 atom stereocenters. The third-order valence-electron chi connectivity index (χ3n) is 1.07. The van der Waals surface area contributed by atoms with Crippen molar-refractivity contribution in [2.45, 2.75) is 13.0 Å². The van der Waals surface area contributed by atoms with Gasteiger partial charge in [0.1, 0.15) is 5.78 Å². The van der Waals surface area contributed by atoms with Crippen molar-refractivity contribution in [2.24, 2.45) is 11.5 Å². The molecular formula is C6H13N3O. The third-order valence-corrected chi connectivity index (χ3v) is 1.07. The highest BCUT2D eigenvalue weighted by Crippen LogP contribution is 1.78. The molecule has 10 heavy (non-hydrogen) atoms. The van der Waals surface area contributed by atoms with E-state index in [1.54, 1.807) is 0 Å². The molecule has 0 aliphatic carbocycles. The van der Waals surface area contributed by atoms with Gasteiger partial charge in [0.05, 0.1) is 11.9 Å². The van der Waals surface area contributed by atoms with Gasteiger partial charge in [0, 0.05) is 6.54 Å². The molecular weight excluding hydrogens is 130 g/mol. The van der Waals surface area contributed by atoms with E-state index in [9.17, 15) is 4.79 Å². The molecule has 5 N–H and O–H groups in total. The average molecular weight is 143 g/mol. The van der Waals surface area contributed by atoms with Crippen molar-refractivity contribution in [1.82, 2.24) is 5.32 Å². The SMILES string of the molecule is C=C(N)NCC(N)C(C)=O. The van der Waals surface area contributed by atoms with E-state index in [0.29, 0.717) is 12.4 Å². The van der Waals surface area contributed by atoms with Crippen LogP contribution in [0.15, 0.2) is 12.4 Å². The predicted octanol–water partition coefficient (Wildman–Crippen LogP) is -1.08. The summed E-state index contributed by atoms with van der Waals surface area (Å²) in [6.45, 7) is 5.17. The maximum Gasteiger partial charge on any atom is 0.148 e. The van der Waals surface area contributed by atoms with E-state index < -0.39 is 6.04 Å². The van der Waals surface area contributed by atoms with Crippen molar-refractivity contribution in [2.75, 3.05) is 6.54 Å². The van der Waals surface area contributed by atoms with Crippen molar-refractivity contribution in [3.63, 3.8) is 0 Å². The Labute approximate surface area is 60.3 Å². The van der Waals surface area contributed by atoms with Gasteiger partial charge in [-0.1, -0.05) is 6.58 Å². The highest BCUT2D eigenvalue weighted by atomic mass is 16.1. The monoisotopic (exact) mass is 143 g/mol. The maximum absolute atomic E-state index is 10.5. The predicted molar refractivity (Wildman–Crippen MR) is 40.0 cm³/mol. The minimum Gasteiger partial charge on any atom is -0.386 e. The van der Waals surface area contributed by atoms with Crippen LogP contribution in [0.25, 0.3) is 0 Å². The Balaban J connectivity index is 3.49. The van der Waals surface area contributed by atoms with Crippen LogP contribution < -0.4 is 16.8 Å². The summed E-state index contributed by atoms with van der Waals surface area (Å²) in [5.41, 5.74) is 10.5. The quantitative estimate of drug-likeness (QED) is 0.467. The number of carbonyl (C=O) groups excluding carboxylic acids is 1. The Morgan fingerprint density at radius 3 is 2.60 bits per heavy atom. The molecule has 0 aromatic rings. The number of ketones is 1. The third kappa shape index (κ3) is 3.91. The molecule has 0 radical (unpaired) electrons. The first kappa shape index (κ1) is 8.97. The van der Waals surface area contributed by atoms with E-state index in [-0.39, 0.29) is 5.78 Å². The van der Waals surface area contributed by atoms with Gasteiger partial charge in [-0.05, 0) is 6.92 Å². The Morgan fingerprint density at radius 2 is 2.30 bits per heavy atom. The normalized spacial score (nSPS) is 12.2. The van der Waals surface area contributed by atoms with Crippen molar-refractivity contribution in [3.05, 3.63) is 12.4 Å². The maximum atomic E-state index is 10.5. The topological polar surface area (TPSA) is 81.1 Å². The number of carbonyl (C=O) groups is 1. The summed E-state index contributed by atoms with van der Waals surface area (Å²) in [5, 5.41) is 2.66. The molecule has 0 aromatic carbocycles. The molecule has 0 amide bonds. The molecule has 0 heterocycles. The number of hydrogen-bond acceptors (Lipinski definition) is 4. The lowest BCUT2D eigenvalue weighted by molar-refractivity contribution is -0.118. The number of nitrogens with two attached hydrogens (primary N) is 2. The summed E-state index contributed by atoms with van der Waals surface area (Å²) in [6.07, 6.45) is 0. The molecule has 4 heteroatoms. The minimum absolute atomic E-state index is 0.0613. The first-order chi connectivity index (χ1) is 4.54. The van der Waals surface area contributed by atoms with Gasteiger partial charge in [0.15, 0.2) is 0 Å². The Morgan fingerprint density at radius 1 is 1.80 bits per heavy atom. The van der Waals surface area contributed by atoms with E-state index in [0.717, 1.165) is 0 Å². The molecule has 1 unspecified atom stereocenters. The summed E-state index contributed by atoms with van der Waals surface area (Å²) in [6, 6.07) is -0.486. The summed E-state index contributed by atoms with van der Waals surface area (Å²) < 4.78 is 0. The molecule has 0 rings (SSSR count). The average Bonchev–Trinajstić information content (AvgIpc) is 1.82. The van der Waals surface area contributed by atoms with Crippen LogP contribution >= 0.6 is 0 Å². The molecule has 4 nitrogen and oxygen atoms in total. The number of hydrogen-bond donors (Lipinski definition) is 3. The molecule has 0 fully saturated rings. The zero-order valence-electron chi connectivity index (χ0n) is 6.05. The smallest absolute Gasteiger partial charge is 0.148 e. The number of Topliss-reactive ketones (excluding diaryl/α,β-unsaturated/α-hetero) is 1. The van der Waals surface area contributed by atoms with Gasteiger partial charge in [-0.25, -0.2) is 0 Å². The molecule has 0 saturated carbocycles. The van der Waals surface area contributed by atoms with Crippen LogP contribution in [0.5, 0.6) is 0 Å². The molecule has 0 spiro atoms. The zero-order chi connectivity index (χ0) is 8.15. The Hall–Kier alpha value is -1.03. The van der Waals surface area contributed by atoms with Crippen molar-refractivity contribution < 1.29 is 4.79 Å². The van der Waals surface area contributed by atoms with Crippen LogP contribution in [-0.2, 0) is 4.79 Å².